The van der Waals surface area contributed by atoms with Gasteiger partial charge in [0.05, 0.1) is 0 Å². The third-order valence-electron chi connectivity index (χ3n) is 2.47. The van der Waals surface area contributed by atoms with E-state index in [0.29, 0.717) is 17.5 Å². The van der Waals surface area contributed by atoms with Gasteiger partial charge in [-0.15, -0.1) is 0 Å². The zero-order valence-corrected chi connectivity index (χ0v) is 11.2. The van der Waals surface area contributed by atoms with Crippen LogP contribution in [0.25, 0.3) is 0 Å². The van der Waals surface area contributed by atoms with Gasteiger partial charge < -0.3 is 10.1 Å². The molecule has 1 heterocycles. The van der Waals surface area contributed by atoms with E-state index in [0.717, 1.165) is 12.1 Å². The molecule has 0 bridgehead atoms. The summed E-state index contributed by atoms with van der Waals surface area (Å²) in [5, 5.41) is 3.08. The van der Waals surface area contributed by atoms with Crippen molar-refractivity contribution in [3.8, 4) is 11.6 Å². The number of halogens is 1. The first-order valence-electron chi connectivity index (χ1n) is 6.12. The van der Waals surface area contributed by atoms with E-state index in [1.54, 1.807) is 25.1 Å². The Morgan fingerprint density at radius 1 is 1.21 bits per heavy atom. The number of hydrogen-bond donors (Lipinski definition) is 1. The van der Waals surface area contributed by atoms with Gasteiger partial charge in [-0.2, -0.15) is 4.98 Å². The van der Waals surface area contributed by atoms with Crippen LogP contribution in [0.1, 0.15) is 18.3 Å². The van der Waals surface area contributed by atoms with Crippen molar-refractivity contribution in [3.05, 3.63) is 41.5 Å². The molecule has 0 atom stereocenters. The second kappa shape index (κ2) is 5.65. The second-order valence-electron chi connectivity index (χ2n) is 4.20. The van der Waals surface area contributed by atoms with E-state index in [4.69, 9.17) is 4.74 Å². The fourth-order valence-corrected chi connectivity index (χ4v) is 1.67. The molecule has 0 aliphatic heterocycles. The van der Waals surface area contributed by atoms with Gasteiger partial charge in [-0.1, -0.05) is 6.07 Å². The van der Waals surface area contributed by atoms with Crippen LogP contribution in [0, 0.1) is 19.7 Å². The van der Waals surface area contributed by atoms with Gasteiger partial charge >= 0.3 is 0 Å². The lowest BCUT2D eigenvalue weighted by Crippen LogP contribution is -2.03. The number of nitrogens with zero attached hydrogens (tertiary/aromatic N) is 2. The molecule has 1 aromatic heterocycles. The molecular weight excluding hydrogens is 245 g/mol. The molecule has 19 heavy (non-hydrogen) atoms. The average molecular weight is 261 g/mol. The maximum absolute atomic E-state index is 13.6. The maximum atomic E-state index is 13.6. The summed E-state index contributed by atoms with van der Waals surface area (Å²) in [5.74, 6) is 1.32. The highest BCUT2D eigenvalue weighted by Crippen LogP contribution is 2.25. The molecule has 2 rings (SSSR count). The molecule has 0 radical (unpaired) electrons. The molecule has 0 amide bonds. The summed E-state index contributed by atoms with van der Waals surface area (Å²) in [6, 6.07) is 6.36. The average Bonchev–Trinajstić information content (AvgIpc) is 2.33. The Labute approximate surface area is 111 Å². The lowest BCUT2D eigenvalue weighted by atomic mass is 10.2. The van der Waals surface area contributed by atoms with Crippen LogP contribution >= 0.6 is 0 Å². The van der Waals surface area contributed by atoms with Gasteiger partial charge in [-0.05, 0) is 38.5 Å². The van der Waals surface area contributed by atoms with Crippen molar-refractivity contribution in [2.24, 2.45) is 0 Å². The first kappa shape index (κ1) is 13.3. The van der Waals surface area contributed by atoms with Crippen LogP contribution in [-0.2, 0) is 0 Å². The Hall–Kier alpha value is -2.17. The molecule has 0 saturated carbocycles. The van der Waals surface area contributed by atoms with Crippen LogP contribution in [0.5, 0.6) is 11.6 Å². The SMILES string of the molecule is CCNc1cc(Oc2cc(C)ccc2F)nc(C)n1. The molecule has 2 aromatic rings. The molecule has 5 heteroatoms. The Morgan fingerprint density at radius 2 is 2.00 bits per heavy atom. The molecule has 1 N–H and O–H groups in total. The third kappa shape index (κ3) is 3.40. The zero-order valence-electron chi connectivity index (χ0n) is 11.2. The summed E-state index contributed by atoms with van der Waals surface area (Å²) >= 11 is 0. The van der Waals surface area contributed by atoms with Gasteiger partial charge in [0.15, 0.2) is 11.6 Å². The van der Waals surface area contributed by atoms with E-state index in [2.05, 4.69) is 15.3 Å². The summed E-state index contributed by atoms with van der Waals surface area (Å²) in [6.07, 6.45) is 0. The fraction of sp³-hybridized carbons (Fsp3) is 0.286. The lowest BCUT2D eigenvalue weighted by Gasteiger charge is -2.09. The predicted molar refractivity (Wildman–Crippen MR) is 72.1 cm³/mol. The molecule has 100 valence electrons. The number of hydrogen-bond acceptors (Lipinski definition) is 4. The van der Waals surface area contributed by atoms with Gasteiger partial charge in [0.1, 0.15) is 11.6 Å². The Bertz CT molecular complexity index is 587. The highest BCUT2D eigenvalue weighted by Gasteiger charge is 2.08. The van der Waals surface area contributed by atoms with Crippen molar-refractivity contribution in [1.82, 2.24) is 9.97 Å². The standard InChI is InChI=1S/C14H16FN3O/c1-4-16-13-8-14(18-10(3)17-13)19-12-7-9(2)5-6-11(12)15/h5-8H,4H2,1-3H3,(H,16,17,18). The number of nitrogens with one attached hydrogen (secondary N) is 1. The van der Waals surface area contributed by atoms with E-state index in [-0.39, 0.29) is 5.75 Å². The first-order valence-corrected chi connectivity index (χ1v) is 6.12. The number of ether oxygens (including phenoxy) is 1. The van der Waals surface area contributed by atoms with Crippen molar-refractivity contribution in [3.63, 3.8) is 0 Å². The molecule has 1 aromatic carbocycles. The van der Waals surface area contributed by atoms with Crippen LogP contribution in [0.15, 0.2) is 24.3 Å². The summed E-state index contributed by atoms with van der Waals surface area (Å²) in [5.41, 5.74) is 0.925. The number of rotatable bonds is 4. The second-order valence-corrected chi connectivity index (χ2v) is 4.20. The van der Waals surface area contributed by atoms with Gasteiger partial charge in [-0.3, -0.25) is 0 Å². The van der Waals surface area contributed by atoms with Gasteiger partial charge in [-0.25, -0.2) is 9.37 Å². The number of anilines is 1. The maximum Gasteiger partial charge on any atom is 0.224 e. The van der Waals surface area contributed by atoms with E-state index in [1.165, 1.54) is 6.07 Å². The summed E-state index contributed by atoms with van der Waals surface area (Å²) in [7, 11) is 0. The van der Waals surface area contributed by atoms with Gasteiger partial charge in [0, 0.05) is 12.6 Å². The van der Waals surface area contributed by atoms with Crippen molar-refractivity contribution in [2.45, 2.75) is 20.8 Å². The van der Waals surface area contributed by atoms with E-state index in [9.17, 15) is 4.39 Å². The summed E-state index contributed by atoms with van der Waals surface area (Å²) in [6.45, 7) is 6.36. The van der Waals surface area contributed by atoms with Crippen molar-refractivity contribution < 1.29 is 9.13 Å². The molecule has 0 saturated heterocycles. The van der Waals surface area contributed by atoms with E-state index < -0.39 is 5.82 Å². The third-order valence-corrected chi connectivity index (χ3v) is 2.47. The van der Waals surface area contributed by atoms with E-state index in [1.807, 2.05) is 13.8 Å². The minimum Gasteiger partial charge on any atom is -0.436 e. The number of aromatic nitrogens is 2. The highest BCUT2D eigenvalue weighted by molar-refractivity contribution is 5.40. The van der Waals surface area contributed by atoms with Crippen LogP contribution in [-0.4, -0.2) is 16.5 Å². The van der Waals surface area contributed by atoms with Crippen LogP contribution < -0.4 is 10.1 Å². The summed E-state index contributed by atoms with van der Waals surface area (Å²) in [4.78, 5) is 8.35. The molecule has 0 aliphatic rings. The van der Waals surface area contributed by atoms with Gasteiger partial charge in [0.25, 0.3) is 0 Å². The van der Waals surface area contributed by atoms with Crippen LogP contribution in [0.2, 0.25) is 0 Å². The lowest BCUT2D eigenvalue weighted by molar-refractivity contribution is 0.425. The van der Waals surface area contributed by atoms with Crippen molar-refractivity contribution in [1.29, 1.82) is 0 Å². The van der Waals surface area contributed by atoms with Crippen LogP contribution in [0.3, 0.4) is 0 Å². The Kier molecular flexibility index (Phi) is 3.94. The normalized spacial score (nSPS) is 10.3. The smallest absolute Gasteiger partial charge is 0.224 e. The number of benzene rings is 1. The predicted octanol–water partition coefficient (Wildman–Crippen LogP) is 3.46. The topological polar surface area (TPSA) is 47.0 Å². The molecule has 0 spiro atoms. The quantitative estimate of drug-likeness (QED) is 0.915. The molecule has 0 aliphatic carbocycles. The van der Waals surface area contributed by atoms with Crippen molar-refractivity contribution >= 4 is 5.82 Å². The monoisotopic (exact) mass is 261 g/mol. The zero-order chi connectivity index (χ0) is 13.8. The Balaban J connectivity index is 2.29. The minimum absolute atomic E-state index is 0.167. The highest BCUT2D eigenvalue weighted by atomic mass is 19.1. The summed E-state index contributed by atoms with van der Waals surface area (Å²) < 4.78 is 19.1. The largest absolute Gasteiger partial charge is 0.436 e. The molecule has 4 nitrogen and oxygen atoms in total. The molecule has 0 unspecified atom stereocenters. The van der Waals surface area contributed by atoms with Crippen molar-refractivity contribution in [2.75, 3.05) is 11.9 Å². The minimum atomic E-state index is -0.410. The number of aryl methyl sites for hydroxylation is 2. The van der Waals surface area contributed by atoms with Crippen LogP contribution in [0.4, 0.5) is 10.2 Å². The Morgan fingerprint density at radius 3 is 2.74 bits per heavy atom. The molecule has 0 fully saturated rings. The molecular formula is C14H16FN3O. The van der Waals surface area contributed by atoms with E-state index >= 15 is 0 Å². The first-order chi connectivity index (χ1) is 9.08. The van der Waals surface area contributed by atoms with Gasteiger partial charge in [0.2, 0.25) is 5.88 Å². The fourth-order valence-electron chi connectivity index (χ4n) is 1.67.